The van der Waals surface area contributed by atoms with Crippen LogP contribution in [0.25, 0.3) is 0 Å². The van der Waals surface area contributed by atoms with Crippen LogP contribution in [0.4, 0.5) is 0 Å². The summed E-state index contributed by atoms with van der Waals surface area (Å²) in [5, 5.41) is 0.301. The number of rotatable bonds is 12. The SMILES string of the molecule is C=C/C=C(\C)[C@H](CCCO[Si](C)(C)C(C)(C)C)[C@H](C)CCCC(C)C. The second kappa shape index (κ2) is 11.4. The molecular formula is C23H46OSi. The molecule has 0 unspecified atom stereocenters. The lowest BCUT2D eigenvalue weighted by Gasteiger charge is -2.36. The van der Waals surface area contributed by atoms with Crippen LogP contribution in [0.5, 0.6) is 0 Å². The first-order valence-electron chi connectivity index (χ1n) is 10.4. The number of allylic oxidation sites excluding steroid dienone is 3. The van der Waals surface area contributed by atoms with Crippen LogP contribution in [-0.2, 0) is 4.43 Å². The van der Waals surface area contributed by atoms with Gasteiger partial charge in [0.25, 0.3) is 0 Å². The summed E-state index contributed by atoms with van der Waals surface area (Å²) < 4.78 is 6.38. The molecule has 0 heterocycles. The molecular weight excluding hydrogens is 320 g/mol. The molecule has 1 nitrogen and oxygen atoms in total. The van der Waals surface area contributed by atoms with Gasteiger partial charge in [0.15, 0.2) is 8.32 Å². The van der Waals surface area contributed by atoms with Gasteiger partial charge in [0.05, 0.1) is 0 Å². The first-order valence-corrected chi connectivity index (χ1v) is 13.3. The van der Waals surface area contributed by atoms with E-state index >= 15 is 0 Å². The summed E-state index contributed by atoms with van der Waals surface area (Å²) in [5.41, 5.74) is 1.49. The fraction of sp³-hybridized carbons (Fsp3) is 0.826. The maximum Gasteiger partial charge on any atom is 0.191 e. The summed E-state index contributed by atoms with van der Waals surface area (Å²) in [6.07, 6.45) is 10.6. The number of hydrogen-bond acceptors (Lipinski definition) is 1. The van der Waals surface area contributed by atoms with Crippen LogP contribution in [0.1, 0.15) is 80.6 Å². The molecule has 0 fully saturated rings. The molecule has 0 aliphatic carbocycles. The lowest BCUT2D eigenvalue weighted by atomic mass is 9.81. The van der Waals surface area contributed by atoms with Crippen molar-refractivity contribution < 1.29 is 4.43 Å². The molecule has 0 N–H and O–H groups in total. The van der Waals surface area contributed by atoms with E-state index in [1.807, 2.05) is 6.08 Å². The fourth-order valence-electron chi connectivity index (χ4n) is 3.17. The Kier molecular flexibility index (Phi) is 11.2. The molecule has 0 saturated carbocycles. The first kappa shape index (κ1) is 24.7. The van der Waals surface area contributed by atoms with Gasteiger partial charge in [-0.3, -0.25) is 0 Å². The van der Waals surface area contributed by atoms with E-state index in [-0.39, 0.29) is 0 Å². The Labute approximate surface area is 160 Å². The molecule has 0 aromatic heterocycles. The van der Waals surface area contributed by atoms with Crippen LogP contribution < -0.4 is 0 Å². The van der Waals surface area contributed by atoms with Crippen molar-refractivity contribution in [2.75, 3.05) is 6.61 Å². The molecule has 0 radical (unpaired) electrons. The van der Waals surface area contributed by atoms with Gasteiger partial charge in [-0.25, -0.2) is 0 Å². The second-order valence-electron chi connectivity index (χ2n) is 9.81. The maximum absolute atomic E-state index is 6.38. The molecule has 0 amide bonds. The van der Waals surface area contributed by atoms with Gasteiger partial charge in [0, 0.05) is 6.61 Å². The average Bonchev–Trinajstić information content (AvgIpc) is 2.45. The van der Waals surface area contributed by atoms with E-state index in [2.05, 4.69) is 74.2 Å². The third kappa shape index (κ3) is 9.79. The average molecular weight is 367 g/mol. The molecule has 2 heteroatoms. The van der Waals surface area contributed by atoms with Gasteiger partial charge < -0.3 is 4.43 Å². The maximum atomic E-state index is 6.38. The summed E-state index contributed by atoms with van der Waals surface area (Å²) >= 11 is 0. The molecule has 2 atom stereocenters. The van der Waals surface area contributed by atoms with Crippen molar-refractivity contribution in [3.63, 3.8) is 0 Å². The lowest BCUT2D eigenvalue weighted by molar-refractivity contribution is 0.256. The van der Waals surface area contributed by atoms with Crippen molar-refractivity contribution in [2.45, 2.75) is 98.7 Å². The number of hydrogen-bond donors (Lipinski definition) is 0. The highest BCUT2D eigenvalue weighted by atomic mass is 28.4. The molecule has 0 rings (SSSR count). The summed E-state index contributed by atoms with van der Waals surface area (Å²) in [5.74, 6) is 2.21. The van der Waals surface area contributed by atoms with Crippen molar-refractivity contribution in [3.05, 3.63) is 24.3 Å². The summed E-state index contributed by atoms with van der Waals surface area (Å²) in [6, 6.07) is 0. The van der Waals surface area contributed by atoms with Gasteiger partial charge in [-0.05, 0) is 55.7 Å². The van der Waals surface area contributed by atoms with Gasteiger partial charge in [0.1, 0.15) is 0 Å². The second-order valence-corrected chi connectivity index (χ2v) is 14.6. The highest BCUT2D eigenvalue weighted by Gasteiger charge is 2.36. The Balaban J connectivity index is 4.60. The quantitative estimate of drug-likeness (QED) is 0.193. The van der Waals surface area contributed by atoms with Gasteiger partial charge in [0.2, 0.25) is 0 Å². The first-order chi connectivity index (χ1) is 11.4. The molecule has 0 aromatic rings. The van der Waals surface area contributed by atoms with Gasteiger partial charge in [-0.1, -0.05) is 85.1 Å². The molecule has 0 saturated heterocycles. The third-order valence-electron chi connectivity index (χ3n) is 6.02. The minimum Gasteiger partial charge on any atom is -0.417 e. The van der Waals surface area contributed by atoms with Crippen molar-refractivity contribution in [3.8, 4) is 0 Å². The predicted molar refractivity (Wildman–Crippen MR) is 118 cm³/mol. The third-order valence-corrected chi connectivity index (χ3v) is 10.6. The topological polar surface area (TPSA) is 9.23 Å². The monoisotopic (exact) mass is 366 g/mol. The van der Waals surface area contributed by atoms with Crippen molar-refractivity contribution in [1.29, 1.82) is 0 Å². The zero-order valence-electron chi connectivity index (χ0n) is 18.7. The van der Waals surface area contributed by atoms with E-state index in [4.69, 9.17) is 4.43 Å². The minimum absolute atomic E-state index is 0.301. The zero-order chi connectivity index (χ0) is 19.7. The largest absolute Gasteiger partial charge is 0.417 e. The van der Waals surface area contributed by atoms with Crippen molar-refractivity contribution >= 4 is 8.32 Å². The van der Waals surface area contributed by atoms with E-state index in [9.17, 15) is 0 Å². The Morgan fingerprint density at radius 1 is 1.04 bits per heavy atom. The molecule has 0 aliphatic rings. The summed E-state index contributed by atoms with van der Waals surface area (Å²) in [6.45, 7) is 25.8. The van der Waals surface area contributed by atoms with Gasteiger partial charge in [-0.2, -0.15) is 0 Å². The highest BCUT2D eigenvalue weighted by molar-refractivity contribution is 6.74. The van der Waals surface area contributed by atoms with E-state index in [0.717, 1.165) is 24.9 Å². The van der Waals surface area contributed by atoms with E-state index < -0.39 is 8.32 Å². The van der Waals surface area contributed by atoms with Crippen LogP contribution in [0.15, 0.2) is 24.3 Å². The Morgan fingerprint density at radius 2 is 1.64 bits per heavy atom. The lowest BCUT2D eigenvalue weighted by Crippen LogP contribution is -2.41. The minimum atomic E-state index is -1.61. The highest BCUT2D eigenvalue weighted by Crippen LogP contribution is 2.37. The van der Waals surface area contributed by atoms with E-state index in [1.165, 1.54) is 31.3 Å². The Bertz CT molecular complexity index is 401. The normalized spacial score (nSPS) is 16.2. The van der Waals surface area contributed by atoms with E-state index in [1.54, 1.807) is 0 Å². The van der Waals surface area contributed by atoms with E-state index in [0.29, 0.717) is 11.0 Å². The Hall–Kier alpha value is -0.343. The van der Waals surface area contributed by atoms with Crippen molar-refractivity contribution in [2.24, 2.45) is 17.8 Å². The molecule has 0 aromatic carbocycles. The van der Waals surface area contributed by atoms with Crippen molar-refractivity contribution in [1.82, 2.24) is 0 Å². The van der Waals surface area contributed by atoms with Crippen LogP contribution in [0.2, 0.25) is 18.1 Å². The van der Waals surface area contributed by atoms with Crippen LogP contribution >= 0.6 is 0 Å². The molecule has 0 aliphatic heterocycles. The predicted octanol–water partition coefficient (Wildman–Crippen LogP) is 8.00. The molecule has 25 heavy (non-hydrogen) atoms. The molecule has 148 valence electrons. The molecule has 0 spiro atoms. The van der Waals surface area contributed by atoms with Crippen LogP contribution in [-0.4, -0.2) is 14.9 Å². The summed E-state index contributed by atoms with van der Waals surface area (Å²) in [4.78, 5) is 0. The standard InChI is InChI=1S/C23H46OSi/c1-11-14-20(4)22(21(5)16-12-15-19(2)3)17-13-18-24-25(9,10)23(6,7)8/h11,14,19,21-22H,1,12-13,15-18H2,2-10H3/b20-14+/t21-,22+/m1/s1. The van der Waals surface area contributed by atoms with Crippen LogP contribution in [0, 0.1) is 17.8 Å². The van der Waals surface area contributed by atoms with Crippen LogP contribution in [0.3, 0.4) is 0 Å². The molecule has 0 bridgehead atoms. The fourth-order valence-corrected chi connectivity index (χ4v) is 4.25. The van der Waals surface area contributed by atoms with Gasteiger partial charge in [-0.15, -0.1) is 0 Å². The van der Waals surface area contributed by atoms with Gasteiger partial charge >= 0.3 is 0 Å². The Morgan fingerprint density at radius 3 is 2.12 bits per heavy atom. The smallest absolute Gasteiger partial charge is 0.191 e. The zero-order valence-corrected chi connectivity index (χ0v) is 19.7. The summed E-state index contributed by atoms with van der Waals surface area (Å²) in [7, 11) is -1.61.